The third-order valence-electron chi connectivity index (χ3n) is 2.91. The second-order valence-corrected chi connectivity index (χ2v) is 5.85. The smallest absolute Gasteiger partial charge is 0.251 e. The Bertz CT molecular complexity index is 419. The fourth-order valence-corrected chi connectivity index (χ4v) is 1.72. The number of hydrogen-bond donors (Lipinski definition) is 2. The first-order valence-corrected chi connectivity index (χ1v) is 6.40. The van der Waals surface area contributed by atoms with Gasteiger partial charge in [0.25, 0.3) is 5.91 Å². The molecule has 1 rings (SSSR count). The van der Waals surface area contributed by atoms with E-state index < -0.39 is 0 Å². The van der Waals surface area contributed by atoms with E-state index in [1.54, 1.807) is 7.05 Å². The molecule has 0 radical (unpaired) electrons. The summed E-state index contributed by atoms with van der Waals surface area (Å²) in [6.45, 7) is 9.66. The third-order valence-corrected chi connectivity index (χ3v) is 2.91. The molecule has 0 saturated carbocycles. The summed E-state index contributed by atoms with van der Waals surface area (Å²) in [4.78, 5) is 11.5. The lowest BCUT2D eigenvalue weighted by Crippen LogP contribution is -2.18. The van der Waals surface area contributed by atoms with Crippen molar-refractivity contribution in [3.63, 3.8) is 0 Å². The quantitative estimate of drug-likeness (QED) is 0.859. The summed E-state index contributed by atoms with van der Waals surface area (Å²) in [5, 5.41) is 6.05. The molecular weight excluding hydrogens is 224 g/mol. The van der Waals surface area contributed by atoms with Gasteiger partial charge in [0.1, 0.15) is 0 Å². The van der Waals surface area contributed by atoms with E-state index in [0.717, 1.165) is 24.2 Å². The van der Waals surface area contributed by atoms with Crippen molar-refractivity contribution in [2.24, 2.45) is 5.41 Å². The van der Waals surface area contributed by atoms with Crippen LogP contribution in [-0.2, 0) is 0 Å². The molecule has 18 heavy (non-hydrogen) atoms. The van der Waals surface area contributed by atoms with Gasteiger partial charge in [0, 0.05) is 24.8 Å². The molecule has 0 atom stereocenters. The summed E-state index contributed by atoms with van der Waals surface area (Å²) in [5.41, 5.74) is 3.25. The normalized spacial score (nSPS) is 11.2. The fraction of sp³-hybridized carbons (Fsp3) is 0.533. The van der Waals surface area contributed by atoms with E-state index in [9.17, 15) is 4.79 Å². The second kappa shape index (κ2) is 5.89. The molecule has 100 valence electrons. The van der Waals surface area contributed by atoms with Gasteiger partial charge in [0.15, 0.2) is 0 Å². The molecule has 2 N–H and O–H groups in total. The largest absolute Gasteiger partial charge is 0.385 e. The zero-order valence-electron chi connectivity index (χ0n) is 12.1. The number of anilines is 1. The van der Waals surface area contributed by atoms with E-state index in [1.807, 2.05) is 25.1 Å². The van der Waals surface area contributed by atoms with E-state index in [-0.39, 0.29) is 5.91 Å². The number of benzene rings is 1. The van der Waals surface area contributed by atoms with E-state index >= 15 is 0 Å². The van der Waals surface area contributed by atoms with Crippen molar-refractivity contribution in [2.75, 3.05) is 18.9 Å². The minimum atomic E-state index is -0.0423. The molecule has 0 saturated heterocycles. The molecular formula is C15H24N2O. The fourth-order valence-electron chi connectivity index (χ4n) is 1.72. The van der Waals surface area contributed by atoms with Crippen molar-refractivity contribution in [2.45, 2.75) is 34.1 Å². The molecule has 3 nitrogen and oxygen atoms in total. The van der Waals surface area contributed by atoms with Gasteiger partial charge in [0.2, 0.25) is 0 Å². The average Bonchev–Trinajstić information content (AvgIpc) is 2.28. The van der Waals surface area contributed by atoms with Crippen LogP contribution in [0.5, 0.6) is 0 Å². The summed E-state index contributed by atoms with van der Waals surface area (Å²) in [5.74, 6) is -0.0423. The summed E-state index contributed by atoms with van der Waals surface area (Å²) >= 11 is 0. The van der Waals surface area contributed by atoms with E-state index in [2.05, 4.69) is 31.4 Å². The van der Waals surface area contributed by atoms with Crippen LogP contribution in [0.15, 0.2) is 18.2 Å². The van der Waals surface area contributed by atoms with Gasteiger partial charge < -0.3 is 10.6 Å². The molecule has 0 bridgehead atoms. The van der Waals surface area contributed by atoms with Gasteiger partial charge in [-0.15, -0.1) is 0 Å². The summed E-state index contributed by atoms with van der Waals surface area (Å²) in [7, 11) is 1.65. The number of amides is 1. The van der Waals surface area contributed by atoms with Crippen molar-refractivity contribution in [1.29, 1.82) is 0 Å². The van der Waals surface area contributed by atoms with E-state index in [1.165, 1.54) is 0 Å². The topological polar surface area (TPSA) is 41.1 Å². The standard InChI is InChI=1S/C15H24N2O/c1-11-10-12(14(18)16-5)6-7-13(11)17-9-8-15(2,3)4/h6-7,10,17H,8-9H2,1-5H3,(H,16,18). The zero-order chi connectivity index (χ0) is 13.8. The van der Waals surface area contributed by atoms with Crippen LogP contribution in [0.25, 0.3) is 0 Å². The van der Waals surface area contributed by atoms with Crippen LogP contribution in [-0.4, -0.2) is 19.5 Å². The summed E-state index contributed by atoms with van der Waals surface area (Å²) in [6.07, 6.45) is 1.11. The molecule has 0 aliphatic rings. The Morgan fingerprint density at radius 2 is 1.94 bits per heavy atom. The molecule has 0 aliphatic carbocycles. The van der Waals surface area contributed by atoms with Crippen molar-refractivity contribution >= 4 is 11.6 Å². The third kappa shape index (κ3) is 4.40. The number of rotatable bonds is 4. The number of carbonyl (C=O) groups is 1. The van der Waals surface area contributed by atoms with Crippen LogP contribution in [0.2, 0.25) is 0 Å². The number of hydrogen-bond acceptors (Lipinski definition) is 2. The molecule has 0 fully saturated rings. The highest BCUT2D eigenvalue weighted by Gasteiger charge is 2.10. The monoisotopic (exact) mass is 248 g/mol. The number of nitrogens with one attached hydrogen (secondary N) is 2. The SMILES string of the molecule is CNC(=O)c1ccc(NCCC(C)(C)C)c(C)c1. The van der Waals surface area contributed by atoms with Crippen LogP contribution in [0.1, 0.15) is 43.1 Å². The summed E-state index contributed by atoms with van der Waals surface area (Å²) in [6, 6.07) is 5.74. The maximum Gasteiger partial charge on any atom is 0.251 e. The predicted molar refractivity (Wildman–Crippen MR) is 77.1 cm³/mol. The molecule has 0 aromatic heterocycles. The van der Waals surface area contributed by atoms with Crippen LogP contribution in [0, 0.1) is 12.3 Å². The van der Waals surface area contributed by atoms with E-state index in [4.69, 9.17) is 0 Å². The van der Waals surface area contributed by atoms with Crippen molar-refractivity contribution in [3.8, 4) is 0 Å². The van der Waals surface area contributed by atoms with Gasteiger partial charge >= 0.3 is 0 Å². The molecule has 1 aromatic rings. The highest BCUT2D eigenvalue weighted by Crippen LogP contribution is 2.20. The first-order chi connectivity index (χ1) is 8.33. The minimum Gasteiger partial charge on any atom is -0.385 e. The van der Waals surface area contributed by atoms with Crippen LogP contribution >= 0.6 is 0 Å². The number of carbonyl (C=O) groups excluding carboxylic acids is 1. The first-order valence-electron chi connectivity index (χ1n) is 6.40. The van der Waals surface area contributed by atoms with Crippen molar-refractivity contribution in [3.05, 3.63) is 29.3 Å². The van der Waals surface area contributed by atoms with Gasteiger partial charge in [-0.25, -0.2) is 0 Å². The maximum atomic E-state index is 11.5. The van der Waals surface area contributed by atoms with Gasteiger partial charge in [-0.1, -0.05) is 20.8 Å². The highest BCUT2D eigenvalue weighted by molar-refractivity contribution is 5.94. The van der Waals surface area contributed by atoms with Crippen LogP contribution in [0.3, 0.4) is 0 Å². The second-order valence-electron chi connectivity index (χ2n) is 5.85. The summed E-state index contributed by atoms with van der Waals surface area (Å²) < 4.78 is 0. The van der Waals surface area contributed by atoms with Gasteiger partial charge in [-0.05, 0) is 42.5 Å². The lowest BCUT2D eigenvalue weighted by atomic mass is 9.92. The van der Waals surface area contributed by atoms with Crippen LogP contribution in [0.4, 0.5) is 5.69 Å². The van der Waals surface area contributed by atoms with Crippen molar-refractivity contribution in [1.82, 2.24) is 5.32 Å². The Balaban J connectivity index is 2.66. The average molecular weight is 248 g/mol. The Morgan fingerprint density at radius 3 is 2.44 bits per heavy atom. The highest BCUT2D eigenvalue weighted by atomic mass is 16.1. The maximum absolute atomic E-state index is 11.5. The Hall–Kier alpha value is -1.51. The molecule has 0 heterocycles. The molecule has 1 amide bonds. The molecule has 1 aromatic carbocycles. The molecule has 3 heteroatoms. The van der Waals surface area contributed by atoms with Crippen molar-refractivity contribution < 1.29 is 4.79 Å². The van der Waals surface area contributed by atoms with Crippen LogP contribution < -0.4 is 10.6 Å². The Labute approximate surface area is 110 Å². The zero-order valence-corrected chi connectivity index (χ0v) is 12.1. The number of aryl methyl sites for hydroxylation is 1. The van der Waals surface area contributed by atoms with E-state index in [0.29, 0.717) is 11.0 Å². The Kier molecular flexibility index (Phi) is 4.76. The molecule has 0 aliphatic heterocycles. The first kappa shape index (κ1) is 14.6. The molecule has 0 unspecified atom stereocenters. The predicted octanol–water partition coefficient (Wildman–Crippen LogP) is 3.20. The van der Waals surface area contributed by atoms with Gasteiger partial charge in [0.05, 0.1) is 0 Å². The Morgan fingerprint density at radius 1 is 1.28 bits per heavy atom. The minimum absolute atomic E-state index is 0.0423. The molecule has 0 spiro atoms. The van der Waals surface area contributed by atoms with Gasteiger partial charge in [-0.2, -0.15) is 0 Å². The van der Waals surface area contributed by atoms with Gasteiger partial charge in [-0.3, -0.25) is 4.79 Å². The lowest BCUT2D eigenvalue weighted by Gasteiger charge is -2.19. The lowest BCUT2D eigenvalue weighted by molar-refractivity contribution is 0.0963.